The quantitative estimate of drug-likeness (QED) is 0.491. The van der Waals surface area contributed by atoms with Crippen molar-refractivity contribution in [2.75, 3.05) is 6.54 Å². The summed E-state index contributed by atoms with van der Waals surface area (Å²) in [6.45, 7) is 0.805. The fourth-order valence-electron chi connectivity index (χ4n) is 2.42. The van der Waals surface area contributed by atoms with Gasteiger partial charge in [-0.1, -0.05) is 18.3 Å². The van der Waals surface area contributed by atoms with Crippen molar-refractivity contribution in [2.24, 2.45) is 0 Å². The Morgan fingerprint density at radius 3 is 2.45 bits per heavy atom. The first-order chi connectivity index (χ1) is 14.6. The van der Waals surface area contributed by atoms with Crippen LogP contribution in [-0.4, -0.2) is 41.8 Å². The summed E-state index contributed by atoms with van der Waals surface area (Å²) in [6.07, 6.45) is -2.12. The summed E-state index contributed by atoms with van der Waals surface area (Å²) in [5.74, 6) is 1.93. The minimum atomic E-state index is -5.08. The average molecular weight is 438 g/mol. The second-order valence-corrected chi connectivity index (χ2v) is 6.31. The number of carboxylic acids is 1. The smallest absolute Gasteiger partial charge is 0.475 e. The Hall–Kier alpha value is -3.62. The maximum Gasteiger partial charge on any atom is 0.490 e. The fraction of sp³-hybridized carbons (Fsp3) is 0.400. The Bertz CT molecular complexity index is 933. The van der Waals surface area contributed by atoms with Crippen LogP contribution in [0.25, 0.3) is 0 Å². The third-order valence-corrected chi connectivity index (χ3v) is 3.97. The minimum absolute atomic E-state index is 0.0392. The van der Waals surface area contributed by atoms with Gasteiger partial charge in [0.15, 0.2) is 0 Å². The highest BCUT2D eigenvalue weighted by atomic mass is 19.4. The molecule has 1 aromatic carbocycles. The number of amides is 1. The fourth-order valence-corrected chi connectivity index (χ4v) is 2.42. The first-order valence-electron chi connectivity index (χ1n) is 9.00. The van der Waals surface area contributed by atoms with E-state index >= 15 is 0 Å². The molecule has 3 N–H and O–H groups in total. The maximum absolute atomic E-state index is 13.5. The van der Waals surface area contributed by atoms with E-state index in [2.05, 4.69) is 22.5 Å². The van der Waals surface area contributed by atoms with Gasteiger partial charge in [0.1, 0.15) is 17.9 Å². The molecule has 11 heteroatoms. The number of carboxylic acid groups (broad SMARTS) is 1. The SMILES string of the molecule is N#Cc1ccc(C#CC[C@@H](C#N)NC(=O)[C@H]2CCCCN2)cc1F.O=C(O)C(F)(F)F. The summed E-state index contributed by atoms with van der Waals surface area (Å²) in [5, 5.41) is 30.7. The molecule has 0 radical (unpaired) electrons. The number of nitrogens with zero attached hydrogens (tertiary/aromatic N) is 2. The molecule has 0 aliphatic carbocycles. The lowest BCUT2D eigenvalue weighted by Crippen LogP contribution is -2.49. The molecule has 1 aliphatic rings. The molecule has 0 saturated carbocycles. The molecule has 1 aromatic rings. The van der Waals surface area contributed by atoms with Crippen LogP contribution in [0.3, 0.4) is 0 Å². The molecule has 2 rings (SSSR count). The Morgan fingerprint density at radius 1 is 1.29 bits per heavy atom. The molecule has 0 bridgehead atoms. The average Bonchev–Trinajstić information content (AvgIpc) is 2.73. The number of hydrogen-bond acceptors (Lipinski definition) is 5. The van der Waals surface area contributed by atoms with Crippen LogP contribution in [0.15, 0.2) is 18.2 Å². The van der Waals surface area contributed by atoms with Crippen LogP contribution in [0.1, 0.15) is 36.8 Å². The molecule has 31 heavy (non-hydrogen) atoms. The van der Waals surface area contributed by atoms with Crippen molar-refractivity contribution in [3.05, 3.63) is 35.1 Å². The van der Waals surface area contributed by atoms with Crippen LogP contribution >= 0.6 is 0 Å². The van der Waals surface area contributed by atoms with Gasteiger partial charge in [-0.2, -0.15) is 23.7 Å². The first-order valence-corrected chi connectivity index (χ1v) is 9.00. The zero-order valence-electron chi connectivity index (χ0n) is 16.1. The molecular weight excluding hydrogens is 420 g/mol. The summed E-state index contributed by atoms with van der Waals surface area (Å²) in [7, 11) is 0. The number of carbonyl (C=O) groups is 2. The van der Waals surface area contributed by atoms with E-state index in [1.54, 1.807) is 12.1 Å². The predicted molar refractivity (Wildman–Crippen MR) is 99.5 cm³/mol. The molecule has 0 spiro atoms. The molecule has 2 atom stereocenters. The van der Waals surface area contributed by atoms with Crippen molar-refractivity contribution in [1.29, 1.82) is 10.5 Å². The summed E-state index contributed by atoms with van der Waals surface area (Å²) >= 11 is 0. The molecular formula is C20H18F4N4O3. The van der Waals surface area contributed by atoms with Crippen LogP contribution in [0.4, 0.5) is 17.6 Å². The van der Waals surface area contributed by atoms with Gasteiger partial charge >= 0.3 is 12.1 Å². The van der Waals surface area contributed by atoms with E-state index in [1.165, 1.54) is 12.1 Å². The minimum Gasteiger partial charge on any atom is -0.475 e. The van der Waals surface area contributed by atoms with E-state index in [0.29, 0.717) is 5.56 Å². The van der Waals surface area contributed by atoms with Crippen LogP contribution in [0.5, 0.6) is 0 Å². The van der Waals surface area contributed by atoms with Gasteiger partial charge in [0, 0.05) is 12.0 Å². The monoisotopic (exact) mass is 438 g/mol. The van der Waals surface area contributed by atoms with Crippen molar-refractivity contribution in [3.8, 4) is 24.0 Å². The lowest BCUT2D eigenvalue weighted by Gasteiger charge is -2.23. The number of aliphatic carboxylic acids is 1. The van der Waals surface area contributed by atoms with Crippen LogP contribution in [0.2, 0.25) is 0 Å². The number of alkyl halides is 3. The molecule has 1 aliphatic heterocycles. The van der Waals surface area contributed by atoms with E-state index < -0.39 is 24.0 Å². The van der Waals surface area contributed by atoms with E-state index in [9.17, 15) is 22.4 Å². The summed E-state index contributed by atoms with van der Waals surface area (Å²) < 4.78 is 45.2. The largest absolute Gasteiger partial charge is 0.490 e. The molecule has 164 valence electrons. The van der Waals surface area contributed by atoms with Crippen molar-refractivity contribution < 1.29 is 32.3 Å². The molecule has 7 nitrogen and oxygen atoms in total. The Morgan fingerprint density at radius 2 is 1.97 bits per heavy atom. The van der Waals surface area contributed by atoms with E-state index in [0.717, 1.165) is 25.8 Å². The second kappa shape index (κ2) is 12.2. The van der Waals surface area contributed by atoms with E-state index in [1.807, 2.05) is 6.07 Å². The molecule has 1 saturated heterocycles. The third-order valence-electron chi connectivity index (χ3n) is 3.97. The lowest BCUT2D eigenvalue weighted by molar-refractivity contribution is -0.192. The van der Waals surface area contributed by atoms with Crippen molar-refractivity contribution in [1.82, 2.24) is 10.6 Å². The number of nitrogens with one attached hydrogen (secondary N) is 2. The predicted octanol–water partition coefficient (Wildman–Crippen LogP) is 2.22. The molecule has 1 amide bonds. The number of carbonyl (C=O) groups excluding carboxylic acids is 1. The van der Waals surface area contributed by atoms with Gasteiger partial charge in [-0.15, -0.1) is 0 Å². The van der Waals surface area contributed by atoms with Gasteiger partial charge in [0.2, 0.25) is 5.91 Å². The molecule has 0 aromatic heterocycles. The number of nitriles is 2. The number of piperidine rings is 1. The molecule has 1 heterocycles. The van der Waals surface area contributed by atoms with Crippen LogP contribution in [-0.2, 0) is 9.59 Å². The normalized spacial score (nSPS) is 16.1. The molecule has 0 unspecified atom stereocenters. The van der Waals surface area contributed by atoms with Crippen molar-refractivity contribution in [3.63, 3.8) is 0 Å². The highest BCUT2D eigenvalue weighted by molar-refractivity contribution is 5.82. The zero-order chi connectivity index (χ0) is 23.4. The lowest BCUT2D eigenvalue weighted by atomic mass is 10.0. The van der Waals surface area contributed by atoms with E-state index in [-0.39, 0.29) is 23.9 Å². The zero-order valence-corrected chi connectivity index (χ0v) is 16.1. The van der Waals surface area contributed by atoms with Gasteiger partial charge in [-0.25, -0.2) is 9.18 Å². The Labute approximate surface area is 175 Å². The summed E-state index contributed by atoms with van der Waals surface area (Å²) in [4.78, 5) is 21.0. The second-order valence-electron chi connectivity index (χ2n) is 6.31. The van der Waals surface area contributed by atoms with E-state index in [4.69, 9.17) is 20.4 Å². The number of benzene rings is 1. The maximum atomic E-state index is 13.5. The molecule has 1 fully saturated rings. The topological polar surface area (TPSA) is 126 Å². The summed E-state index contributed by atoms with van der Waals surface area (Å²) in [6, 6.07) is 6.86. The Kier molecular flexibility index (Phi) is 9.97. The van der Waals surface area contributed by atoms with Gasteiger partial charge in [-0.05, 0) is 37.6 Å². The van der Waals surface area contributed by atoms with Crippen LogP contribution in [0, 0.1) is 40.3 Å². The first kappa shape index (κ1) is 25.4. The number of rotatable bonds is 3. The highest BCUT2D eigenvalue weighted by Crippen LogP contribution is 2.13. The van der Waals surface area contributed by atoms with Gasteiger partial charge in [0.25, 0.3) is 0 Å². The van der Waals surface area contributed by atoms with Gasteiger partial charge in [-0.3, -0.25) is 4.79 Å². The Balaban J connectivity index is 0.000000592. The van der Waals surface area contributed by atoms with Crippen LogP contribution < -0.4 is 10.6 Å². The van der Waals surface area contributed by atoms with Crippen molar-refractivity contribution in [2.45, 2.75) is 43.9 Å². The standard InChI is InChI=1S/C18H17FN4O.C2HF3O2/c19-16-10-13(7-8-14(16)11-20)4-3-5-15(12-21)23-18(24)17-6-1-2-9-22-17;3-2(4,5)1(6)7/h7-8,10,15,17,22H,1-2,5-6,9H2,(H,23,24);(H,6,7)/t15-,17+;/m0./s1. The summed E-state index contributed by atoms with van der Waals surface area (Å²) in [5.41, 5.74) is 0.381. The number of halogens is 4. The van der Waals surface area contributed by atoms with Gasteiger partial charge < -0.3 is 15.7 Å². The third kappa shape index (κ3) is 9.16. The highest BCUT2D eigenvalue weighted by Gasteiger charge is 2.38. The van der Waals surface area contributed by atoms with Crippen molar-refractivity contribution >= 4 is 11.9 Å². The number of hydrogen-bond donors (Lipinski definition) is 3. The van der Waals surface area contributed by atoms with Gasteiger partial charge in [0.05, 0.1) is 17.7 Å².